The zero-order chi connectivity index (χ0) is 24.6. The van der Waals surface area contributed by atoms with Gasteiger partial charge in [-0.3, -0.25) is 19.3 Å². The molecule has 2 rings (SSSR count). The first-order valence-corrected chi connectivity index (χ1v) is 11.7. The van der Waals surface area contributed by atoms with Crippen molar-refractivity contribution >= 4 is 30.0 Å². The third kappa shape index (κ3) is 10.6. The lowest BCUT2D eigenvalue weighted by Crippen LogP contribution is -2.48. The highest BCUT2D eigenvalue weighted by Gasteiger charge is 2.29. The Kier molecular flexibility index (Phi) is 12.3. The van der Waals surface area contributed by atoms with Crippen molar-refractivity contribution in [2.24, 2.45) is 0 Å². The number of nitrogens with one attached hydrogen (secondary N) is 3. The number of carbonyl (C=O) groups is 5. The van der Waals surface area contributed by atoms with E-state index in [1.807, 2.05) is 24.3 Å². The monoisotopic (exact) mass is 474 g/mol. The average Bonchev–Trinajstić information content (AvgIpc) is 2.82. The van der Waals surface area contributed by atoms with E-state index in [9.17, 15) is 24.0 Å². The number of likely N-dealkylation sites (tertiary alicyclic amines) is 1. The van der Waals surface area contributed by atoms with Gasteiger partial charge in [0.25, 0.3) is 0 Å². The van der Waals surface area contributed by atoms with Crippen molar-refractivity contribution in [1.82, 2.24) is 20.9 Å². The molecule has 1 saturated heterocycles. The summed E-state index contributed by atoms with van der Waals surface area (Å²) in [6.45, 7) is 2.14. The summed E-state index contributed by atoms with van der Waals surface area (Å²) in [5.41, 5.74) is 1.71. The van der Waals surface area contributed by atoms with Gasteiger partial charge in [0.15, 0.2) is 0 Å². The van der Waals surface area contributed by atoms with Crippen LogP contribution in [0.4, 0.5) is 4.79 Å². The van der Waals surface area contributed by atoms with Gasteiger partial charge >= 0.3 is 6.03 Å². The van der Waals surface area contributed by atoms with Crippen molar-refractivity contribution in [3.8, 4) is 0 Å². The van der Waals surface area contributed by atoms with E-state index in [1.165, 1.54) is 4.90 Å². The van der Waals surface area contributed by atoms with Crippen LogP contribution >= 0.6 is 0 Å². The predicted octanol–water partition coefficient (Wildman–Crippen LogP) is 1.07. The summed E-state index contributed by atoms with van der Waals surface area (Å²) in [6.07, 6.45) is 5.26. The lowest BCUT2D eigenvalue weighted by molar-refractivity contribution is -0.151. The van der Waals surface area contributed by atoms with E-state index < -0.39 is 0 Å². The Labute approximate surface area is 199 Å². The Hall–Kier alpha value is -3.27. The smallest absolute Gasteiger partial charge is 0.314 e. The van der Waals surface area contributed by atoms with Gasteiger partial charge < -0.3 is 25.5 Å². The van der Waals surface area contributed by atoms with Crippen LogP contribution < -0.4 is 16.0 Å². The second kappa shape index (κ2) is 15.5. The van der Waals surface area contributed by atoms with Crippen LogP contribution in [0, 0.1) is 0 Å². The second-order valence-corrected chi connectivity index (χ2v) is 8.06. The van der Waals surface area contributed by atoms with Crippen LogP contribution in [0.2, 0.25) is 0 Å². The first-order chi connectivity index (χ1) is 16.5. The lowest BCUT2D eigenvalue weighted by Gasteiger charge is -2.28. The number of β-lactam (4-membered cyclic amide) rings is 1. The predicted molar refractivity (Wildman–Crippen MR) is 125 cm³/mol. The molecule has 5 amide bonds. The SMILES string of the molecule is O=CCCCCCNC(=O)NCCCOCC(=O)NCc1ccc(CC(=O)N2CCC2=O)cc1. The number of imide groups is 1. The van der Waals surface area contributed by atoms with Gasteiger partial charge in [-0.15, -0.1) is 0 Å². The van der Waals surface area contributed by atoms with E-state index in [2.05, 4.69) is 16.0 Å². The zero-order valence-electron chi connectivity index (χ0n) is 19.5. The molecule has 0 saturated carbocycles. The van der Waals surface area contributed by atoms with Crippen LogP contribution in [-0.4, -0.2) is 67.8 Å². The van der Waals surface area contributed by atoms with E-state index in [-0.39, 0.29) is 36.8 Å². The molecule has 3 N–H and O–H groups in total. The number of amides is 5. The summed E-state index contributed by atoms with van der Waals surface area (Å²) in [4.78, 5) is 58.3. The van der Waals surface area contributed by atoms with Gasteiger partial charge in [0, 0.05) is 45.6 Å². The molecule has 0 aliphatic carbocycles. The first-order valence-electron chi connectivity index (χ1n) is 11.7. The quantitative estimate of drug-likeness (QED) is 0.186. The van der Waals surface area contributed by atoms with Crippen LogP contribution in [0.5, 0.6) is 0 Å². The molecule has 1 aliphatic rings. The Morgan fingerprint density at radius 3 is 2.29 bits per heavy atom. The summed E-state index contributed by atoms with van der Waals surface area (Å²) in [5, 5.41) is 8.24. The van der Waals surface area contributed by atoms with Crippen molar-refractivity contribution in [2.45, 2.75) is 51.5 Å². The highest BCUT2D eigenvalue weighted by atomic mass is 16.5. The molecular formula is C24H34N4O6. The molecule has 1 fully saturated rings. The van der Waals surface area contributed by atoms with Gasteiger partial charge in [0.1, 0.15) is 12.9 Å². The van der Waals surface area contributed by atoms with Gasteiger partial charge in [-0.1, -0.05) is 30.7 Å². The van der Waals surface area contributed by atoms with Crippen LogP contribution in [0.25, 0.3) is 0 Å². The number of benzene rings is 1. The van der Waals surface area contributed by atoms with Gasteiger partial charge in [0.05, 0.1) is 6.42 Å². The van der Waals surface area contributed by atoms with E-state index in [0.717, 1.165) is 36.7 Å². The van der Waals surface area contributed by atoms with Crippen LogP contribution in [-0.2, 0) is 36.9 Å². The largest absolute Gasteiger partial charge is 0.372 e. The molecule has 1 aliphatic heterocycles. The molecule has 10 heteroatoms. The highest BCUT2D eigenvalue weighted by molar-refractivity contribution is 6.00. The maximum absolute atomic E-state index is 12.0. The minimum Gasteiger partial charge on any atom is -0.372 e. The van der Waals surface area contributed by atoms with Gasteiger partial charge in [-0.25, -0.2) is 4.79 Å². The zero-order valence-corrected chi connectivity index (χ0v) is 19.5. The van der Waals surface area contributed by atoms with Crippen LogP contribution in [0.15, 0.2) is 24.3 Å². The number of carbonyl (C=O) groups excluding carboxylic acids is 5. The second-order valence-electron chi connectivity index (χ2n) is 8.06. The van der Waals surface area contributed by atoms with Crippen LogP contribution in [0.1, 0.15) is 49.7 Å². The molecule has 0 atom stereocenters. The fraction of sp³-hybridized carbons (Fsp3) is 0.542. The molecule has 1 aromatic carbocycles. The molecular weight excluding hydrogens is 440 g/mol. The summed E-state index contributed by atoms with van der Waals surface area (Å²) in [6, 6.07) is 7.07. The fourth-order valence-corrected chi connectivity index (χ4v) is 3.21. The minimum absolute atomic E-state index is 0.0660. The molecule has 0 unspecified atom stereocenters. The number of aldehydes is 1. The normalized spacial score (nSPS) is 12.6. The molecule has 186 valence electrons. The van der Waals surface area contributed by atoms with Crippen molar-refractivity contribution in [1.29, 1.82) is 0 Å². The molecule has 0 bridgehead atoms. The standard InChI is InChI=1S/C24H34N4O6/c29-14-4-2-1-3-11-25-24(33)26-12-5-15-34-18-21(30)27-17-20-8-6-19(7-9-20)16-23(32)28-13-10-22(28)31/h6-9,14H,1-5,10-13,15-18H2,(H,27,30)(H2,25,26,33). The third-order valence-electron chi connectivity index (χ3n) is 5.29. The van der Waals surface area contributed by atoms with Crippen molar-refractivity contribution < 1.29 is 28.7 Å². The Bertz CT molecular complexity index is 827. The number of ether oxygens (including phenoxy) is 1. The maximum Gasteiger partial charge on any atom is 0.314 e. The highest BCUT2D eigenvalue weighted by Crippen LogP contribution is 2.12. The topological polar surface area (TPSA) is 134 Å². The molecule has 1 heterocycles. The number of urea groups is 1. The lowest BCUT2D eigenvalue weighted by atomic mass is 10.1. The Balaban J connectivity index is 1.47. The molecule has 1 aromatic rings. The molecule has 0 spiro atoms. The first kappa shape index (κ1) is 27.0. The summed E-state index contributed by atoms with van der Waals surface area (Å²) in [7, 11) is 0. The fourth-order valence-electron chi connectivity index (χ4n) is 3.21. The third-order valence-corrected chi connectivity index (χ3v) is 5.29. The minimum atomic E-state index is -0.240. The van der Waals surface area contributed by atoms with E-state index >= 15 is 0 Å². The van der Waals surface area contributed by atoms with Gasteiger partial charge in [-0.05, 0) is 30.4 Å². The van der Waals surface area contributed by atoms with Crippen LogP contribution in [0.3, 0.4) is 0 Å². The van der Waals surface area contributed by atoms with E-state index in [1.54, 1.807) is 0 Å². The number of nitrogens with zero attached hydrogens (tertiary/aromatic N) is 1. The molecule has 0 radical (unpaired) electrons. The number of hydrogen-bond donors (Lipinski definition) is 3. The number of unbranched alkanes of at least 4 members (excludes halogenated alkanes) is 3. The molecule has 10 nitrogen and oxygen atoms in total. The number of hydrogen-bond acceptors (Lipinski definition) is 6. The summed E-state index contributed by atoms with van der Waals surface area (Å²) < 4.78 is 5.33. The Morgan fingerprint density at radius 1 is 0.941 bits per heavy atom. The van der Waals surface area contributed by atoms with Crippen molar-refractivity contribution in [3.63, 3.8) is 0 Å². The molecule has 34 heavy (non-hydrogen) atoms. The summed E-state index contributed by atoms with van der Waals surface area (Å²) >= 11 is 0. The van der Waals surface area contributed by atoms with E-state index in [0.29, 0.717) is 52.0 Å². The maximum atomic E-state index is 12.0. The molecule has 0 aromatic heterocycles. The average molecular weight is 475 g/mol. The van der Waals surface area contributed by atoms with Crippen molar-refractivity contribution in [3.05, 3.63) is 35.4 Å². The van der Waals surface area contributed by atoms with Gasteiger partial charge in [0.2, 0.25) is 17.7 Å². The van der Waals surface area contributed by atoms with E-state index in [4.69, 9.17) is 4.74 Å². The van der Waals surface area contributed by atoms with Crippen molar-refractivity contribution in [2.75, 3.05) is 32.8 Å². The number of rotatable bonds is 16. The Morgan fingerprint density at radius 2 is 1.65 bits per heavy atom. The van der Waals surface area contributed by atoms with Gasteiger partial charge in [-0.2, -0.15) is 0 Å². The summed E-state index contributed by atoms with van der Waals surface area (Å²) in [5.74, 6) is -0.550.